The summed E-state index contributed by atoms with van der Waals surface area (Å²) in [6, 6.07) is 14.7. The Morgan fingerprint density at radius 2 is 1.60 bits per heavy atom. The molecule has 43 heavy (non-hydrogen) atoms. The predicted molar refractivity (Wildman–Crippen MR) is 167 cm³/mol. The van der Waals surface area contributed by atoms with Gasteiger partial charge in [0, 0.05) is 13.0 Å². The first kappa shape index (κ1) is 33.4. The number of halogens is 1. The van der Waals surface area contributed by atoms with Crippen molar-refractivity contribution in [3.8, 4) is 5.75 Å². The van der Waals surface area contributed by atoms with E-state index in [1.165, 1.54) is 17.0 Å². The number of aliphatic hydroxyl groups excluding tert-OH is 1. The van der Waals surface area contributed by atoms with Crippen LogP contribution < -0.4 is 10.6 Å². The largest absolute Gasteiger partial charge is 0.508 e. The molecule has 0 saturated heterocycles. The second-order valence-corrected chi connectivity index (χ2v) is 12.0. The quantitative estimate of drug-likeness (QED) is 0.237. The van der Waals surface area contributed by atoms with Gasteiger partial charge < -0.3 is 30.5 Å². The van der Waals surface area contributed by atoms with Gasteiger partial charge in [0.15, 0.2) is 0 Å². The molecule has 0 fully saturated rings. The average Bonchev–Trinajstić information content (AvgIpc) is 2.89. The second-order valence-electron chi connectivity index (χ2n) is 11.6. The zero-order valence-electron chi connectivity index (χ0n) is 25.4. The molecule has 9 nitrogen and oxygen atoms in total. The minimum atomic E-state index is -1.18. The molecule has 4 N–H and O–H groups in total. The van der Waals surface area contributed by atoms with Gasteiger partial charge in [-0.25, -0.2) is 4.79 Å². The maximum atomic E-state index is 14.4. The highest BCUT2D eigenvalue weighted by Gasteiger charge is 2.37. The van der Waals surface area contributed by atoms with Gasteiger partial charge in [0.25, 0.3) is 5.91 Å². The molecule has 0 aliphatic heterocycles. The van der Waals surface area contributed by atoms with Gasteiger partial charge in [-0.1, -0.05) is 65.2 Å². The summed E-state index contributed by atoms with van der Waals surface area (Å²) in [4.78, 5) is 42.6. The van der Waals surface area contributed by atoms with Crippen LogP contribution in [0, 0.1) is 20.8 Å². The topological polar surface area (TPSA) is 128 Å². The zero-order chi connectivity index (χ0) is 31.9. The number of carbonyl (C=O) groups excluding carboxylic acids is 3. The van der Waals surface area contributed by atoms with Crippen molar-refractivity contribution in [3.63, 3.8) is 0 Å². The number of nitrogens with one attached hydrogen (secondary N) is 2. The summed E-state index contributed by atoms with van der Waals surface area (Å²) >= 11 is 6.43. The van der Waals surface area contributed by atoms with Crippen LogP contribution in [0.2, 0.25) is 5.02 Å². The van der Waals surface area contributed by atoms with Crippen molar-refractivity contribution < 1.29 is 29.3 Å². The van der Waals surface area contributed by atoms with Crippen molar-refractivity contribution in [2.45, 2.75) is 65.6 Å². The van der Waals surface area contributed by atoms with Crippen molar-refractivity contribution in [2.75, 3.05) is 18.5 Å². The highest BCUT2D eigenvalue weighted by atomic mass is 35.5. The van der Waals surface area contributed by atoms with Crippen LogP contribution >= 0.6 is 11.6 Å². The minimum absolute atomic E-state index is 0.0328. The Labute approximate surface area is 257 Å². The first-order valence-electron chi connectivity index (χ1n) is 14.0. The van der Waals surface area contributed by atoms with E-state index in [2.05, 4.69) is 10.6 Å². The number of aromatic hydroxyl groups is 1. The van der Waals surface area contributed by atoms with Crippen LogP contribution in [0.5, 0.6) is 5.75 Å². The molecule has 0 aliphatic rings. The number of rotatable bonds is 10. The van der Waals surface area contributed by atoms with Crippen molar-refractivity contribution in [2.24, 2.45) is 0 Å². The van der Waals surface area contributed by atoms with Gasteiger partial charge in [0.05, 0.1) is 17.3 Å². The number of hydrogen-bond donors (Lipinski definition) is 4. The third-order valence-corrected chi connectivity index (χ3v) is 6.89. The molecular weight excluding hydrogens is 570 g/mol. The minimum Gasteiger partial charge on any atom is -0.508 e. The fourth-order valence-electron chi connectivity index (χ4n) is 4.81. The fourth-order valence-corrected chi connectivity index (χ4v) is 5.08. The number of aryl methyl sites for hydroxylation is 3. The molecule has 3 aromatic carbocycles. The number of amides is 3. The normalized spacial score (nSPS) is 12.7. The van der Waals surface area contributed by atoms with Gasteiger partial charge >= 0.3 is 6.09 Å². The molecule has 0 radical (unpaired) electrons. The zero-order valence-corrected chi connectivity index (χ0v) is 26.2. The van der Waals surface area contributed by atoms with Gasteiger partial charge in [-0.15, -0.1) is 0 Å². The third-order valence-electron chi connectivity index (χ3n) is 6.58. The molecule has 3 aromatic rings. The predicted octanol–water partition coefficient (Wildman–Crippen LogP) is 5.61. The average molecular weight is 610 g/mol. The van der Waals surface area contributed by atoms with Crippen LogP contribution in [-0.4, -0.2) is 57.8 Å². The lowest BCUT2D eigenvalue weighted by Crippen LogP contribution is -2.54. The maximum Gasteiger partial charge on any atom is 0.408 e. The molecular formula is C33H40ClN3O6. The van der Waals surface area contributed by atoms with E-state index < -0.39 is 42.2 Å². The summed E-state index contributed by atoms with van der Waals surface area (Å²) in [5.41, 5.74) is 3.26. The molecule has 0 aliphatic carbocycles. The van der Waals surface area contributed by atoms with Crippen LogP contribution in [0.3, 0.4) is 0 Å². The number of phenolic OH excluding ortho intramolecular Hbond substituents is 1. The molecule has 0 aromatic heterocycles. The van der Waals surface area contributed by atoms with E-state index in [-0.39, 0.29) is 18.7 Å². The Morgan fingerprint density at radius 1 is 0.977 bits per heavy atom. The number of nitrogens with zero attached hydrogens (tertiary/aromatic N) is 1. The molecule has 2 atom stereocenters. The lowest BCUT2D eigenvalue weighted by Gasteiger charge is -2.34. The number of benzene rings is 3. The van der Waals surface area contributed by atoms with E-state index in [1.807, 2.05) is 45.0 Å². The van der Waals surface area contributed by atoms with E-state index >= 15 is 0 Å². The smallest absolute Gasteiger partial charge is 0.408 e. The molecule has 3 amide bonds. The number of phenols is 1. The Balaban J connectivity index is 2.10. The molecule has 230 valence electrons. The Morgan fingerprint density at radius 3 is 2.16 bits per heavy atom. The van der Waals surface area contributed by atoms with Crippen LogP contribution in [-0.2, 0) is 20.7 Å². The van der Waals surface area contributed by atoms with E-state index in [4.69, 9.17) is 16.3 Å². The van der Waals surface area contributed by atoms with Crippen molar-refractivity contribution in [3.05, 3.63) is 93.5 Å². The van der Waals surface area contributed by atoms with Gasteiger partial charge in [0.1, 0.15) is 23.4 Å². The van der Waals surface area contributed by atoms with E-state index in [0.717, 1.165) is 16.7 Å². The van der Waals surface area contributed by atoms with Gasteiger partial charge in [0.2, 0.25) is 5.91 Å². The Kier molecular flexibility index (Phi) is 11.2. The maximum absolute atomic E-state index is 14.4. The highest BCUT2D eigenvalue weighted by molar-refractivity contribution is 6.34. The van der Waals surface area contributed by atoms with Crippen LogP contribution in [0.15, 0.2) is 60.7 Å². The van der Waals surface area contributed by atoms with Crippen molar-refractivity contribution in [1.82, 2.24) is 10.2 Å². The molecule has 0 bridgehead atoms. The molecule has 0 heterocycles. The number of ether oxygens (including phenoxy) is 1. The number of alkyl carbamates (subject to hydrolysis) is 1. The van der Waals surface area contributed by atoms with Gasteiger partial charge in [-0.2, -0.15) is 0 Å². The first-order chi connectivity index (χ1) is 20.2. The second kappa shape index (κ2) is 14.4. The monoisotopic (exact) mass is 609 g/mol. The van der Waals surface area contributed by atoms with E-state index in [9.17, 15) is 24.6 Å². The summed E-state index contributed by atoms with van der Waals surface area (Å²) in [6.07, 6.45) is -0.780. The highest BCUT2D eigenvalue weighted by Crippen LogP contribution is 2.30. The summed E-state index contributed by atoms with van der Waals surface area (Å²) in [5.74, 6) is -1.10. The van der Waals surface area contributed by atoms with Gasteiger partial charge in [-0.05, 0) is 76.4 Å². The van der Waals surface area contributed by atoms with E-state index in [0.29, 0.717) is 21.8 Å². The van der Waals surface area contributed by atoms with Crippen LogP contribution in [0.1, 0.15) is 54.6 Å². The van der Waals surface area contributed by atoms with E-state index in [1.54, 1.807) is 45.0 Å². The number of hydrogen-bond acceptors (Lipinski definition) is 6. The lowest BCUT2D eigenvalue weighted by molar-refractivity contribution is -0.141. The van der Waals surface area contributed by atoms with Crippen molar-refractivity contribution >= 4 is 35.2 Å². The van der Waals surface area contributed by atoms with Gasteiger partial charge in [-0.3, -0.25) is 9.59 Å². The molecule has 0 spiro atoms. The number of para-hydroxylation sites is 1. The third kappa shape index (κ3) is 9.46. The molecule has 3 rings (SSSR count). The fraction of sp³-hybridized carbons (Fsp3) is 0.364. The summed E-state index contributed by atoms with van der Waals surface area (Å²) in [7, 11) is 0. The molecule has 2 unspecified atom stereocenters. The number of aliphatic hydroxyl groups is 1. The van der Waals surface area contributed by atoms with Crippen LogP contribution in [0.25, 0.3) is 0 Å². The molecule has 10 heteroatoms. The number of anilines is 1. The Bertz CT molecular complexity index is 1410. The lowest BCUT2D eigenvalue weighted by atomic mass is 9.97. The summed E-state index contributed by atoms with van der Waals surface area (Å²) in [6.45, 7) is 10.1. The summed E-state index contributed by atoms with van der Waals surface area (Å²) in [5, 5.41) is 25.7. The van der Waals surface area contributed by atoms with Crippen molar-refractivity contribution in [1.29, 1.82) is 0 Å². The Hall–Kier alpha value is -4.08. The molecule has 0 saturated carbocycles. The van der Waals surface area contributed by atoms with Crippen LogP contribution in [0.4, 0.5) is 10.5 Å². The standard InChI is InChI=1S/C33H40ClN3O6/c1-20-16-21(2)18-24(17-20)29(30(40)36-28-22(3)8-7-9-26(28)34)37(14-15-38)31(41)27(35-32(42)43-33(4,5)6)19-23-10-12-25(39)13-11-23/h7-13,16-18,27,29,38-39H,14-15,19H2,1-6H3,(H,35,42)(H,36,40). The SMILES string of the molecule is Cc1cc(C)cc(C(C(=O)Nc2c(C)cccc2Cl)N(CCO)C(=O)C(Cc2ccc(O)cc2)NC(=O)OC(C)(C)C)c1. The summed E-state index contributed by atoms with van der Waals surface area (Å²) < 4.78 is 5.44. The first-order valence-corrected chi connectivity index (χ1v) is 14.4. The number of carbonyl (C=O) groups is 3.